The van der Waals surface area contributed by atoms with Crippen LogP contribution < -0.4 is 4.74 Å². The van der Waals surface area contributed by atoms with E-state index < -0.39 is 28.6 Å². The number of hydrogen-bond acceptors (Lipinski definition) is 9. The Bertz CT molecular complexity index is 1000. The highest BCUT2D eigenvalue weighted by molar-refractivity contribution is 8.18. The molecule has 2 amide bonds. The van der Waals surface area contributed by atoms with E-state index >= 15 is 0 Å². The molecule has 0 bridgehead atoms. The average Bonchev–Trinajstić information content (AvgIpc) is 2.97. The van der Waals surface area contributed by atoms with Crippen molar-refractivity contribution in [1.82, 2.24) is 9.88 Å². The van der Waals surface area contributed by atoms with Crippen LogP contribution in [-0.2, 0) is 14.3 Å². The van der Waals surface area contributed by atoms with Crippen molar-refractivity contribution in [2.75, 3.05) is 13.7 Å². The summed E-state index contributed by atoms with van der Waals surface area (Å²) in [5.41, 5.74) is 0.492. The molecule has 0 radical (unpaired) electrons. The Morgan fingerprint density at radius 1 is 1.24 bits per heavy atom. The lowest BCUT2D eigenvalue weighted by atomic mass is 10.2. The van der Waals surface area contributed by atoms with Gasteiger partial charge in [-0.3, -0.25) is 29.4 Å². The SMILES string of the molecule is COC(=O)CN1C(=O)SC(=Cc2ccc(Oc3ccc([N+](=O)[O-])cn3)cc2)C1=O. The number of imide groups is 1. The second kappa shape index (κ2) is 8.52. The number of aromatic nitrogens is 1. The minimum absolute atomic E-state index is 0.145. The molecule has 148 valence electrons. The van der Waals surface area contributed by atoms with Crippen LogP contribution in [0.15, 0.2) is 47.5 Å². The summed E-state index contributed by atoms with van der Waals surface area (Å²) in [5, 5.41) is 10.1. The molecule has 1 aliphatic rings. The number of esters is 1. The number of ether oxygens (including phenoxy) is 2. The van der Waals surface area contributed by atoms with E-state index in [-0.39, 0.29) is 16.5 Å². The molecular formula is C18H13N3O7S. The number of benzene rings is 1. The molecule has 0 saturated carbocycles. The Morgan fingerprint density at radius 2 is 1.97 bits per heavy atom. The topological polar surface area (TPSA) is 129 Å². The lowest BCUT2D eigenvalue weighted by molar-refractivity contribution is -0.385. The molecule has 1 aromatic heterocycles. The van der Waals surface area contributed by atoms with E-state index in [1.165, 1.54) is 25.3 Å². The Balaban J connectivity index is 1.68. The van der Waals surface area contributed by atoms with E-state index in [4.69, 9.17) is 4.74 Å². The Hall–Kier alpha value is -3.73. The normalized spacial score (nSPS) is 14.9. The number of rotatable bonds is 6. The number of pyridine rings is 1. The maximum Gasteiger partial charge on any atom is 0.325 e. The van der Waals surface area contributed by atoms with Crippen LogP contribution in [0, 0.1) is 10.1 Å². The Kier molecular flexibility index (Phi) is 5.88. The van der Waals surface area contributed by atoms with Crippen LogP contribution in [0.5, 0.6) is 11.6 Å². The third-order valence-electron chi connectivity index (χ3n) is 3.72. The molecule has 0 unspecified atom stereocenters. The van der Waals surface area contributed by atoms with E-state index in [1.54, 1.807) is 24.3 Å². The first-order chi connectivity index (χ1) is 13.9. The van der Waals surface area contributed by atoms with E-state index in [2.05, 4.69) is 9.72 Å². The lowest BCUT2D eigenvalue weighted by Crippen LogP contribution is -2.34. The fraction of sp³-hybridized carbons (Fsp3) is 0.111. The summed E-state index contributed by atoms with van der Waals surface area (Å²) in [5.74, 6) is -0.634. The predicted octanol–water partition coefficient (Wildman–Crippen LogP) is 2.99. The van der Waals surface area contributed by atoms with Crippen LogP contribution in [0.2, 0.25) is 0 Å². The van der Waals surface area contributed by atoms with Gasteiger partial charge in [0.15, 0.2) is 0 Å². The van der Waals surface area contributed by atoms with Crippen molar-refractivity contribution >= 4 is 40.6 Å². The number of carbonyl (C=O) groups is 3. The van der Waals surface area contributed by atoms with Gasteiger partial charge in [-0.25, -0.2) is 4.98 Å². The molecule has 1 aliphatic heterocycles. The smallest absolute Gasteiger partial charge is 0.325 e. The van der Waals surface area contributed by atoms with Crippen molar-refractivity contribution in [3.63, 3.8) is 0 Å². The quantitative estimate of drug-likeness (QED) is 0.302. The Morgan fingerprint density at radius 3 is 2.55 bits per heavy atom. The third-order valence-corrected chi connectivity index (χ3v) is 4.63. The highest BCUT2D eigenvalue weighted by Gasteiger charge is 2.36. The van der Waals surface area contributed by atoms with Gasteiger partial charge in [0.05, 0.1) is 16.9 Å². The van der Waals surface area contributed by atoms with Crippen LogP contribution in [0.25, 0.3) is 6.08 Å². The highest BCUT2D eigenvalue weighted by Crippen LogP contribution is 2.32. The molecule has 29 heavy (non-hydrogen) atoms. The maximum absolute atomic E-state index is 12.3. The van der Waals surface area contributed by atoms with Gasteiger partial charge >= 0.3 is 5.97 Å². The van der Waals surface area contributed by atoms with Gasteiger partial charge in [0.1, 0.15) is 18.5 Å². The number of carbonyl (C=O) groups excluding carboxylic acids is 3. The van der Waals surface area contributed by atoms with Crippen molar-refractivity contribution in [3.05, 3.63) is 63.2 Å². The van der Waals surface area contributed by atoms with E-state index in [0.717, 1.165) is 22.9 Å². The number of nitro groups is 1. The molecule has 11 heteroatoms. The molecule has 1 fully saturated rings. The van der Waals surface area contributed by atoms with Crippen molar-refractivity contribution in [3.8, 4) is 11.6 Å². The van der Waals surface area contributed by atoms with E-state index in [9.17, 15) is 24.5 Å². The van der Waals surface area contributed by atoms with E-state index in [0.29, 0.717) is 11.3 Å². The minimum atomic E-state index is -0.685. The molecule has 1 saturated heterocycles. The lowest BCUT2D eigenvalue weighted by Gasteiger charge is -2.09. The van der Waals surface area contributed by atoms with Gasteiger partial charge in [-0.1, -0.05) is 12.1 Å². The fourth-order valence-electron chi connectivity index (χ4n) is 2.28. The van der Waals surface area contributed by atoms with Crippen LogP contribution in [0.4, 0.5) is 10.5 Å². The van der Waals surface area contributed by atoms with Crippen LogP contribution >= 0.6 is 11.8 Å². The summed E-state index contributed by atoms with van der Waals surface area (Å²) in [7, 11) is 1.17. The molecule has 3 rings (SSSR count). The van der Waals surface area contributed by atoms with Crippen molar-refractivity contribution in [2.45, 2.75) is 0 Å². The Labute approximate surface area is 168 Å². The first-order valence-electron chi connectivity index (χ1n) is 8.08. The molecule has 2 aromatic rings. The predicted molar refractivity (Wildman–Crippen MR) is 102 cm³/mol. The molecule has 2 heterocycles. The van der Waals surface area contributed by atoms with Gasteiger partial charge in [-0.05, 0) is 35.5 Å². The largest absolute Gasteiger partial charge is 0.468 e. The number of amides is 2. The first kappa shape index (κ1) is 20.0. The molecule has 0 N–H and O–H groups in total. The van der Waals surface area contributed by atoms with Gasteiger partial charge in [-0.2, -0.15) is 0 Å². The second-order valence-corrected chi connectivity index (χ2v) is 6.62. The number of nitrogens with zero attached hydrogens (tertiary/aromatic N) is 3. The van der Waals surface area contributed by atoms with Crippen LogP contribution in [-0.4, -0.2) is 45.6 Å². The summed E-state index contributed by atoms with van der Waals surface area (Å²) in [4.78, 5) is 50.4. The summed E-state index contributed by atoms with van der Waals surface area (Å²) in [6.07, 6.45) is 2.62. The maximum atomic E-state index is 12.3. The molecule has 0 aliphatic carbocycles. The molecule has 0 spiro atoms. The summed E-state index contributed by atoms with van der Waals surface area (Å²) in [6.45, 7) is -0.437. The number of methoxy groups -OCH3 is 1. The minimum Gasteiger partial charge on any atom is -0.468 e. The molecule has 1 aromatic carbocycles. The molecular weight excluding hydrogens is 402 g/mol. The number of thioether (sulfide) groups is 1. The monoisotopic (exact) mass is 415 g/mol. The van der Waals surface area contributed by atoms with Crippen molar-refractivity contribution in [1.29, 1.82) is 0 Å². The zero-order chi connectivity index (χ0) is 21.0. The standard InChI is InChI=1S/C18H13N3O7S/c1-27-16(22)10-20-17(23)14(29-18(20)24)8-11-2-5-13(6-3-11)28-15-7-4-12(9-19-15)21(25)26/h2-9H,10H2,1H3. The second-order valence-electron chi connectivity index (χ2n) is 5.63. The van der Waals surface area contributed by atoms with Gasteiger partial charge in [0.25, 0.3) is 16.8 Å². The van der Waals surface area contributed by atoms with Gasteiger partial charge in [-0.15, -0.1) is 0 Å². The zero-order valence-electron chi connectivity index (χ0n) is 14.9. The fourth-order valence-corrected chi connectivity index (χ4v) is 3.11. The van der Waals surface area contributed by atoms with Gasteiger partial charge in [0, 0.05) is 12.1 Å². The van der Waals surface area contributed by atoms with Crippen molar-refractivity contribution in [2.24, 2.45) is 0 Å². The van der Waals surface area contributed by atoms with Crippen LogP contribution in [0.3, 0.4) is 0 Å². The van der Waals surface area contributed by atoms with Gasteiger partial charge in [0.2, 0.25) is 5.88 Å². The summed E-state index contributed by atoms with van der Waals surface area (Å²) < 4.78 is 9.99. The average molecular weight is 415 g/mol. The van der Waals surface area contributed by atoms with Crippen molar-refractivity contribution < 1.29 is 28.8 Å². The zero-order valence-corrected chi connectivity index (χ0v) is 15.8. The first-order valence-corrected chi connectivity index (χ1v) is 8.89. The van der Waals surface area contributed by atoms with Crippen LogP contribution in [0.1, 0.15) is 5.56 Å². The highest BCUT2D eigenvalue weighted by atomic mass is 32.2. The third kappa shape index (κ3) is 4.76. The summed E-state index contributed by atoms with van der Waals surface area (Å²) in [6, 6.07) is 9.22. The molecule has 0 atom stereocenters. The molecule has 10 nitrogen and oxygen atoms in total. The van der Waals surface area contributed by atoms with Gasteiger partial charge < -0.3 is 9.47 Å². The summed E-state index contributed by atoms with van der Waals surface area (Å²) >= 11 is 0.734. The number of hydrogen-bond donors (Lipinski definition) is 0. The van der Waals surface area contributed by atoms with E-state index in [1.807, 2.05) is 0 Å².